The molecular formula is C46H48ClN6O9P. The lowest BCUT2D eigenvalue weighted by atomic mass is 9.80. The number of anilines is 1. The van der Waals surface area contributed by atoms with Gasteiger partial charge in [-0.25, -0.2) is 4.79 Å². The minimum Gasteiger partial charge on any atom is -0.497 e. The van der Waals surface area contributed by atoms with Gasteiger partial charge in [-0.15, -0.1) is 5.11 Å². The predicted octanol–water partition coefficient (Wildman–Crippen LogP) is 10.9. The number of nitriles is 1. The van der Waals surface area contributed by atoms with Crippen molar-refractivity contribution >= 4 is 48.8 Å². The summed E-state index contributed by atoms with van der Waals surface area (Å²) in [7, 11) is 1.91. The molecule has 0 spiro atoms. The molecule has 0 bridgehead atoms. The second kappa shape index (κ2) is 22.3. The number of rotatable bonds is 20. The minimum atomic E-state index is -1.33. The van der Waals surface area contributed by atoms with Gasteiger partial charge in [-0.05, 0) is 84.6 Å². The summed E-state index contributed by atoms with van der Waals surface area (Å²) >= 11 is 6.18. The maximum absolute atomic E-state index is 14.2. The van der Waals surface area contributed by atoms with Gasteiger partial charge in [-0.2, -0.15) is 10.4 Å². The van der Waals surface area contributed by atoms with Gasteiger partial charge in [0.2, 0.25) is 0 Å². The van der Waals surface area contributed by atoms with Gasteiger partial charge in [0, 0.05) is 31.0 Å². The van der Waals surface area contributed by atoms with Crippen molar-refractivity contribution in [3.63, 3.8) is 0 Å². The van der Waals surface area contributed by atoms with Crippen LogP contribution in [0.2, 0.25) is 5.02 Å². The van der Waals surface area contributed by atoms with E-state index in [1.54, 1.807) is 31.3 Å². The zero-order chi connectivity index (χ0) is 44.8. The molecule has 0 saturated carbocycles. The van der Waals surface area contributed by atoms with Crippen LogP contribution in [0.4, 0.5) is 27.5 Å². The number of amides is 1. The Kier molecular flexibility index (Phi) is 16.4. The molecule has 3 atom stereocenters. The number of benzene rings is 5. The standard InChI is InChI=1S/C46H48ClN6O9P/c1-5-51(37-18-16-36(17-19-37)49-50-44-25-20-38(53(55)56)29-43(44)47)32-59-45(54)52-30-42(62-63(4)61-27-9-26-48)28-39(52)31-60-46(33-10-7-6-8-11-33,34-12-21-40(57-2)22-13-34)35-14-23-41(58-3)24-15-35/h6-8,10-25,29,39,42H,5,9,27-28,30-32H2,1-4H3. The normalized spacial score (nSPS) is 15.5. The summed E-state index contributed by atoms with van der Waals surface area (Å²) in [4.78, 5) is 28.3. The first-order valence-electron chi connectivity index (χ1n) is 20.1. The SMILES string of the molecule is CCN(COC(=O)N1CC(OP(C)OCCC#N)CC1COC(c1ccccc1)(c1ccc(OC)cc1)c1ccc(OC)cc1)c1ccc(N=Nc2ccc([N+](=O)[O-])cc2Cl)cc1. The van der Waals surface area contributed by atoms with Gasteiger partial charge in [0.15, 0.2) is 15.1 Å². The maximum Gasteiger partial charge on any atom is 0.411 e. The number of carbonyl (C=O) groups excluding carboxylic acids is 1. The molecule has 0 N–H and O–H groups in total. The number of hydrogen-bond donors (Lipinski definition) is 0. The third-order valence-corrected chi connectivity index (χ3v) is 11.9. The van der Waals surface area contributed by atoms with Crippen molar-refractivity contribution in [2.45, 2.75) is 37.5 Å². The molecule has 63 heavy (non-hydrogen) atoms. The van der Waals surface area contributed by atoms with Crippen molar-refractivity contribution in [1.29, 1.82) is 5.26 Å². The monoisotopic (exact) mass is 894 g/mol. The number of halogens is 1. The maximum atomic E-state index is 14.2. The highest BCUT2D eigenvalue weighted by atomic mass is 35.5. The number of nitrogens with zero attached hydrogens (tertiary/aromatic N) is 6. The van der Waals surface area contributed by atoms with E-state index in [-0.39, 0.29) is 49.7 Å². The molecule has 1 aliphatic heterocycles. The van der Waals surface area contributed by atoms with Gasteiger partial charge in [0.05, 0.1) is 74.2 Å². The second-order valence-electron chi connectivity index (χ2n) is 14.3. The molecule has 15 nitrogen and oxygen atoms in total. The van der Waals surface area contributed by atoms with Crippen LogP contribution in [-0.4, -0.2) is 82.0 Å². The van der Waals surface area contributed by atoms with Crippen LogP contribution >= 0.6 is 20.0 Å². The Bertz CT molecular complexity index is 2300. The molecule has 1 aliphatic rings. The number of carbonyl (C=O) groups is 1. The number of ether oxygens (including phenoxy) is 4. The van der Waals surface area contributed by atoms with Crippen molar-refractivity contribution in [3.05, 3.63) is 153 Å². The van der Waals surface area contributed by atoms with Gasteiger partial charge in [0.25, 0.3) is 5.69 Å². The minimum absolute atomic E-state index is 0.0480. The molecule has 1 saturated heterocycles. The highest BCUT2D eigenvalue weighted by Gasteiger charge is 2.43. The fraction of sp³-hybridized carbons (Fsp3) is 0.304. The summed E-state index contributed by atoms with van der Waals surface area (Å²) in [5, 5.41) is 28.6. The Hall–Kier alpha value is -6.14. The van der Waals surface area contributed by atoms with Gasteiger partial charge < -0.3 is 37.8 Å². The number of azo groups is 1. The fourth-order valence-electron chi connectivity index (χ4n) is 7.18. The molecule has 5 aromatic rings. The van der Waals surface area contributed by atoms with Gasteiger partial charge in [-0.1, -0.05) is 66.2 Å². The van der Waals surface area contributed by atoms with E-state index in [0.717, 1.165) is 22.4 Å². The van der Waals surface area contributed by atoms with E-state index in [0.29, 0.717) is 35.8 Å². The molecule has 0 aromatic heterocycles. The first kappa shape index (κ1) is 46.4. The molecule has 17 heteroatoms. The summed E-state index contributed by atoms with van der Waals surface area (Å²) in [5.74, 6) is 1.39. The smallest absolute Gasteiger partial charge is 0.411 e. The van der Waals surface area contributed by atoms with E-state index >= 15 is 0 Å². The second-order valence-corrected chi connectivity index (χ2v) is 16.0. The topological polar surface area (TPSA) is 171 Å². The van der Waals surface area contributed by atoms with E-state index in [1.807, 2.05) is 109 Å². The van der Waals surface area contributed by atoms with Crippen LogP contribution in [0.25, 0.3) is 0 Å². The molecular weight excluding hydrogens is 847 g/mol. The average molecular weight is 895 g/mol. The number of nitro groups is 1. The predicted molar refractivity (Wildman–Crippen MR) is 240 cm³/mol. The van der Waals surface area contributed by atoms with E-state index in [9.17, 15) is 14.9 Å². The largest absolute Gasteiger partial charge is 0.497 e. The van der Waals surface area contributed by atoms with Crippen LogP contribution in [0.5, 0.6) is 11.5 Å². The fourth-order valence-corrected chi connectivity index (χ4v) is 8.38. The number of non-ortho nitro benzene ring substituents is 1. The average Bonchev–Trinajstić information content (AvgIpc) is 3.72. The van der Waals surface area contributed by atoms with Crippen molar-refractivity contribution in [1.82, 2.24) is 4.90 Å². The molecule has 3 unspecified atom stereocenters. The molecule has 328 valence electrons. The number of methoxy groups -OCH3 is 2. The number of nitro benzene ring substituents is 1. The third kappa shape index (κ3) is 11.7. The Balaban J connectivity index is 1.23. The number of likely N-dealkylation sites (tertiary alicyclic amines) is 1. The molecule has 1 heterocycles. The lowest BCUT2D eigenvalue weighted by Gasteiger charge is -2.38. The Morgan fingerprint density at radius 1 is 0.937 bits per heavy atom. The van der Waals surface area contributed by atoms with Gasteiger partial charge in [-0.3, -0.25) is 10.1 Å². The molecule has 6 rings (SSSR count). The Morgan fingerprint density at radius 3 is 2.14 bits per heavy atom. The molecule has 0 aliphatic carbocycles. The van der Waals surface area contributed by atoms with Crippen LogP contribution in [0.3, 0.4) is 0 Å². The molecule has 0 radical (unpaired) electrons. The zero-order valence-corrected chi connectivity index (χ0v) is 37.0. The lowest BCUT2D eigenvalue weighted by molar-refractivity contribution is -0.384. The highest BCUT2D eigenvalue weighted by Crippen LogP contribution is 2.44. The zero-order valence-electron chi connectivity index (χ0n) is 35.3. The van der Waals surface area contributed by atoms with E-state index in [4.69, 9.17) is 44.9 Å². The van der Waals surface area contributed by atoms with Crippen molar-refractivity contribution in [2.24, 2.45) is 10.2 Å². The summed E-state index contributed by atoms with van der Waals surface area (Å²) in [6.45, 7) is 4.85. The van der Waals surface area contributed by atoms with Crippen molar-refractivity contribution < 1.29 is 37.7 Å². The van der Waals surface area contributed by atoms with Crippen molar-refractivity contribution in [3.8, 4) is 17.6 Å². The summed E-state index contributed by atoms with van der Waals surface area (Å²) < 4.78 is 36.4. The quantitative estimate of drug-likeness (QED) is 0.0138. The molecule has 5 aromatic carbocycles. The van der Waals surface area contributed by atoms with Crippen LogP contribution in [0, 0.1) is 21.4 Å². The summed E-state index contributed by atoms with van der Waals surface area (Å²) in [5.41, 5.74) is 2.91. The van der Waals surface area contributed by atoms with Gasteiger partial charge >= 0.3 is 6.09 Å². The number of hydrogen-bond acceptors (Lipinski definition) is 13. The van der Waals surface area contributed by atoms with E-state index in [2.05, 4.69) is 16.3 Å². The van der Waals surface area contributed by atoms with E-state index < -0.39 is 31.0 Å². The first-order valence-corrected chi connectivity index (χ1v) is 22.1. The van der Waals surface area contributed by atoms with Crippen LogP contribution in [0.15, 0.2) is 132 Å². The van der Waals surface area contributed by atoms with Crippen LogP contribution < -0.4 is 14.4 Å². The first-order chi connectivity index (χ1) is 30.6. The molecule has 1 amide bonds. The summed E-state index contributed by atoms with van der Waals surface area (Å²) in [6.07, 6.45) is -0.241. The van der Waals surface area contributed by atoms with Gasteiger partial charge in [0.1, 0.15) is 22.8 Å². The highest BCUT2D eigenvalue weighted by molar-refractivity contribution is 7.46. The summed E-state index contributed by atoms with van der Waals surface area (Å²) in [6, 6.07) is 38.2. The third-order valence-electron chi connectivity index (χ3n) is 10.4. The van der Waals surface area contributed by atoms with Crippen molar-refractivity contribution in [2.75, 3.05) is 58.8 Å². The Morgan fingerprint density at radius 2 is 1.57 bits per heavy atom. The van der Waals surface area contributed by atoms with Crippen LogP contribution in [-0.2, 0) is 24.1 Å². The van der Waals surface area contributed by atoms with Crippen LogP contribution in [0.1, 0.15) is 36.5 Å². The van der Waals surface area contributed by atoms with E-state index in [1.165, 1.54) is 18.2 Å². The molecule has 1 fully saturated rings. The lowest BCUT2D eigenvalue weighted by Crippen LogP contribution is -2.43. The Labute approximate surface area is 372 Å².